The van der Waals surface area contributed by atoms with E-state index in [9.17, 15) is 4.79 Å². The summed E-state index contributed by atoms with van der Waals surface area (Å²) in [6, 6.07) is 12.1. The van der Waals surface area contributed by atoms with Crippen LogP contribution in [-0.2, 0) is 4.79 Å². The minimum atomic E-state index is -0.730. The average molecular weight is 470 g/mol. The number of nitrogens with zero attached hydrogens (tertiary/aromatic N) is 3. The number of benzodiazepines with no additional fused rings is 1. The first-order valence-electron chi connectivity index (χ1n) is 10.6. The Kier molecular flexibility index (Phi) is 7.84. The molecule has 174 valence electrons. The largest absolute Gasteiger partial charge is 0.497 e. The van der Waals surface area contributed by atoms with Crippen molar-refractivity contribution in [2.45, 2.75) is 19.4 Å². The first-order chi connectivity index (χ1) is 15.7. The van der Waals surface area contributed by atoms with E-state index in [1.54, 1.807) is 30.7 Å². The molecule has 0 bridgehead atoms. The fraction of sp³-hybridized carbons (Fsp3) is 0.333. The molecule has 1 aliphatic rings. The Bertz CT molecular complexity index is 1100. The fourth-order valence-corrected chi connectivity index (χ4v) is 3.74. The van der Waals surface area contributed by atoms with Crippen molar-refractivity contribution in [1.82, 2.24) is 10.2 Å². The van der Waals surface area contributed by atoms with Gasteiger partial charge in [0.05, 0.1) is 19.2 Å². The van der Waals surface area contributed by atoms with Crippen LogP contribution in [0.2, 0.25) is 5.02 Å². The number of fused-ring (bicyclic) bond motifs is 1. The van der Waals surface area contributed by atoms with Crippen LogP contribution in [-0.4, -0.2) is 73.1 Å². The lowest BCUT2D eigenvalue weighted by Crippen LogP contribution is -2.38. The number of halogens is 1. The van der Waals surface area contributed by atoms with Crippen molar-refractivity contribution in [3.63, 3.8) is 0 Å². The molecule has 1 heterocycles. The molecular weight excluding hydrogens is 440 g/mol. The second-order valence-corrected chi connectivity index (χ2v) is 8.54. The Morgan fingerprint density at radius 1 is 1.27 bits per heavy atom. The van der Waals surface area contributed by atoms with Gasteiger partial charge < -0.3 is 20.7 Å². The molecule has 1 atom stereocenters. The van der Waals surface area contributed by atoms with E-state index in [2.05, 4.69) is 5.32 Å². The van der Waals surface area contributed by atoms with Crippen LogP contribution in [0.5, 0.6) is 5.75 Å². The molecule has 1 amide bonds. The number of likely N-dealkylation sites (N-methyl/N-ethyl adjacent to an activating group) is 1. The molecule has 0 aromatic heterocycles. The van der Waals surface area contributed by atoms with Crippen LogP contribution in [0, 0.1) is 5.41 Å². The molecule has 8 nitrogen and oxygen atoms in total. The van der Waals surface area contributed by atoms with Gasteiger partial charge in [-0.2, -0.15) is 5.41 Å². The van der Waals surface area contributed by atoms with Crippen molar-refractivity contribution >= 4 is 40.6 Å². The smallest absolute Gasteiger partial charge is 0.260 e. The monoisotopic (exact) mass is 469 g/mol. The number of aliphatic imine (C=N–C) groups is 1. The van der Waals surface area contributed by atoms with Gasteiger partial charge in [0.15, 0.2) is 5.84 Å². The summed E-state index contributed by atoms with van der Waals surface area (Å²) < 4.78 is 7.09. The summed E-state index contributed by atoms with van der Waals surface area (Å²) in [7, 11) is 5.48. The molecule has 1 aliphatic heterocycles. The summed E-state index contributed by atoms with van der Waals surface area (Å²) in [5.74, 6) is 1.02. The first-order valence-corrected chi connectivity index (χ1v) is 11.0. The number of amidine groups is 2. The van der Waals surface area contributed by atoms with E-state index in [0.717, 1.165) is 17.7 Å². The molecule has 0 aliphatic carbocycles. The fourth-order valence-electron chi connectivity index (χ4n) is 3.62. The van der Waals surface area contributed by atoms with Gasteiger partial charge in [-0.3, -0.25) is 9.79 Å². The summed E-state index contributed by atoms with van der Waals surface area (Å²) in [4.78, 5) is 19.6. The number of benzene rings is 2. The zero-order chi connectivity index (χ0) is 24.1. The third-order valence-electron chi connectivity index (χ3n) is 5.27. The highest BCUT2D eigenvalue weighted by Crippen LogP contribution is 2.31. The van der Waals surface area contributed by atoms with Gasteiger partial charge in [0.1, 0.15) is 17.5 Å². The Balaban J connectivity index is 2.12. The standard InChI is InChI=1S/C24H29ClN6O2/c1-15(26)31-21-10-9-18(33-4)13-19(21)23(16-5-7-17(25)8-6-16)29-20(24(31)27)14-22(32)28-11-12-30(2)3/h5-10,13,20,26-27H,11-12,14H2,1-4H3,(H,28,32)/p+1/t20-/m0/s1. The van der Waals surface area contributed by atoms with Gasteiger partial charge in [-0.15, -0.1) is 0 Å². The number of nitrogens with two attached hydrogens (primary N) is 1. The third-order valence-corrected chi connectivity index (χ3v) is 5.52. The number of hydrogen-bond acceptors (Lipinski definition) is 5. The molecule has 0 radical (unpaired) electrons. The molecule has 0 spiro atoms. The van der Waals surface area contributed by atoms with Gasteiger partial charge >= 0.3 is 0 Å². The van der Waals surface area contributed by atoms with Gasteiger partial charge in [0.25, 0.3) is 5.84 Å². The molecule has 0 saturated heterocycles. The van der Waals surface area contributed by atoms with Gasteiger partial charge in [-0.1, -0.05) is 23.7 Å². The number of hydrogen-bond donors (Lipinski definition) is 3. The van der Waals surface area contributed by atoms with Crippen molar-refractivity contribution in [2.24, 2.45) is 10.7 Å². The van der Waals surface area contributed by atoms with E-state index in [-0.39, 0.29) is 18.2 Å². The van der Waals surface area contributed by atoms with E-state index in [1.807, 2.05) is 49.3 Å². The van der Waals surface area contributed by atoms with Crippen LogP contribution in [0.15, 0.2) is 47.5 Å². The second kappa shape index (κ2) is 10.6. The number of carbonyl (C=O) groups excluding carboxylic acids is 1. The van der Waals surface area contributed by atoms with E-state index >= 15 is 0 Å². The highest BCUT2D eigenvalue weighted by molar-refractivity contribution is 6.30. The van der Waals surface area contributed by atoms with E-state index < -0.39 is 6.04 Å². The Labute approximate surface area is 199 Å². The summed E-state index contributed by atoms with van der Waals surface area (Å²) in [6.45, 7) is 2.97. The van der Waals surface area contributed by atoms with E-state index in [1.165, 1.54) is 0 Å². The van der Waals surface area contributed by atoms with Gasteiger partial charge in [0.2, 0.25) is 5.91 Å². The molecule has 33 heavy (non-hydrogen) atoms. The predicted octanol–water partition coefficient (Wildman–Crippen LogP) is 2.63. The number of ether oxygens (including phenoxy) is 1. The summed E-state index contributed by atoms with van der Waals surface area (Å²) in [5, 5.41) is 12.4. The third kappa shape index (κ3) is 5.77. The van der Waals surface area contributed by atoms with Crippen molar-refractivity contribution in [3.8, 4) is 5.75 Å². The Morgan fingerprint density at radius 3 is 2.58 bits per heavy atom. The van der Waals surface area contributed by atoms with Crippen LogP contribution < -0.4 is 15.8 Å². The number of nitrogens with one attached hydrogen (secondary N) is 2. The molecule has 3 rings (SSSR count). The molecule has 4 N–H and O–H groups in total. The van der Waals surface area contributed by atoms with Crippen LogP contribution >= 0.6 is 11.6 Å². The Morgan fingerprint density at radius 2 is 1.97 bits per heavy atom. The number of methoxy groups -OCH3 is 1. The van der Waals surface area contributed by atoms with Crippen molar-refractivity contribution < 1.29 is 14.1 Å². The zero-order valence-corrected chi connectivity index (χ0v) is 20.1. The van der Waals surface area contributed by atoms with Crippen LogP contribution in [0.4, 0.5) is 5.69 Å². The maximum Gasteiger partial charge on any atom is 0.260 e. The average Bonchev–Trinajstić information content (AvgIpc) is 2.88. The van der Waals surface area contributed by atoms with Crippen LogP contribution in [0.3, 0.4) is 0 Å². The molecule has 0 fully saturated rings. The van der Waals surface area contributed by atoms with E-state index in [0.29, 0.717) is 34.6 Å². The van der Waals surface area contributed by atoms with Crippen molar-refractivity contribution in [2.75, 3.05) is 34.3 Å². The minimum Gasteiger partial charge on any atom is -0.497 e. The van der Waals surface area contributed by atoms with E-state index in [4.69, 9.17) is 32.5 Å². The first kappa shape index (κ1) is 24.4. The molecule has 0 unspecified atom stereocenters. The lowest BCUT2D eigenvalue weighted by Gasteiger charge is -2.15. The van der Waals surface area contributed by atoms with Crippen molar-refractivity contribution in [1.29, 1.82) is 5.41 Å². The van der Waals surface area contributed by atoms with Gasteiger partial charge in [-0.25, -0.2) is 4.58 Å². The van der Waals surface area contributed by atoms with Crippen molar-refractivity contribution in [3.05, 3.63) is 58.6 Å². The molecule has 2 aromatic carbocycles. The quantitative estimate of drug-likeness (QED) is 0.428. The lowest BCUT2D eigenvalue weighted by atomic mass is 10.00. The topological polar surface area (TPSA) is 107 Å². The molecule has 9 heteroatoms. The maximum absolute atomic E-state index is 12.7. The van der Waals surface area contributed by atoms with Gasteiger partial charge in [0, 0.05) is 36.2 Å². The lowest BCUT2D eigenvalue weighted by molar-refractivity contribution is -0.314. The molecular formula is C24H30ClN6O2+. The SMILES string of the molecule is COc1ccc2c(c1)C(c1ccc(Cl)cc1)=N[C@@H](CC(=O)NCCN(C)C)C(=N)[N+]2=C(C)N. The minimum absolute atomic E-state index is 0.0260. The summed E-state index contributed by atoms with van der Waals surface area (Å²) in [6.07, 6.45) is 0.0260. The number of carbonyl (C=O) groups is 1. The highest BCUT2D eigenvalue weighted by atomic mass is 35.5. The van der Waals surface area contributed by atoms with Crippen LogP contribution in [0.1, 0.15) is 24.5 Å². The predicted molar refractivity (Wildman–Crippen MR) is 133 cm³/mol. The second-order valence-electron chi connectivity index (χ2n) is 8.10. The van der Waals surface area contributed by atoms with Crippen LogP contribution in [0.25, 0.3) is 0 Å². The number of amides is 1. The molecule has 0 saturated carbocycles. The molecule has 2 aromatic rings. The normalized spacial score (nSPS) is 17.2. The Hall–Kier alpha value is -3.23. The zero-order valence-electron chi connectivity index (χ0n) is 19.4. The number of rotatable bonds is 7. The highest BCUT2D eigenvalue weighted by Gasteiger charge is 2.33. The van der Waals surface area contributed by atoms with Gasteiger partial charge in [-0.05, 0) is 44.4 Å². The summed E-state index contributed by atoms with van der Waals surface area (Å²) in [5.41, 5.74) is 9.12. The maximum atomic E-state index is 12.7. The summed E-state index contributed by atoms with van der Waals surface area (Å²) >= 11 is 6.11.